The third-order valence-electron chi connectivity index (χ3n) is 4.08. The van der Waals surface area contributed by atoms with E-state index in [0.29, 0.717) is 30.2 Å². The Balaban J connectivity index is 1.94. The molecule has 0 unspecified atom stereocenters. The van der Waals surface area contributed by atoms with Gasteiger partial charge >= 0.3 is 0 Å². The number of hydrogen-bond donors (Lipinski definition) is 2. The monoisotopic (exact) mass is 342 g/mol. The lowest BCUT2D eigenvalue weighted by Gasteiger charge is -2.14. The fraction of sp³-hybridized carbons (Fsp3) is 0.350. The molecular weight excluding hydrogens is 316 g/mol. The van der Waals surface area contributed by atoms with Gasteiger partial charge in [0.1, 0.15) is 11.5 Å². The fourth-order valence-corrected chi connectivity index (χ4v) is 2.69. The third-order valence-corrected chi connectivity index (χ3v) is 4.08. The van der Waals surface area contributed by atoms with Gasteiger partial charge < -0.3 is 20.1 Å². The molecule has 0 radical (unpaired) electrons. The first-order chi connectivity index (χ1) is 12.1. The van der Waals surface area contributed by atoms with Crippen LogP contribution < -0.4 is 20.1 Å². The molecule has 2 aromatic carbocycles. The first kappa shape index (κ1) is 18.6. The number of carbonyl (C=O) groups is 1. The number of nitrogens with one attached hydrogen (secondary N) is 2. The quantitative estimate of drug-likeness (QED) is 0.761. The maximum atomic E-state index is 12.2. The molecule has 134 valence electrons. The Morgan fingerprint density at radius 1 is 1.12 bits per heavy atom. The summed E-state index contributed by atoms with van der Waals surface area (Å²) in [5.41, 5.74) is 4.21. The maximum Gasteiger partial charge on any atom is 0.226 e. The predicted molar refractivity (Wildman–Crippen MR) is 102 cm³/mol. The summed E-state index contributed by atoms with van der Waals surface area (Å²) in [6, 6.07) is 11.6. The molecule has 0 atom stereocenters. The number of methoxy groups -OCH3 is 2. The minimum absolute atomic E-state index is 0.0670. The number of amides is 1. The van der Waals surface area contributed by atoms with Crippen molar-refractivity contribution in [2.75, 3.05) is 31.4 Å². The van der Waals surface area contributed by atoms with Gasteiger partial charge in [0, 0.05) is 24.7 Å². The second-order valence-electron chi connectivity index (χ2n) is 5.75. The molecule has 0 fully saturated rings. The second kappa shape index (κ2) is 8.97. The Hall–Kier alpha value is -2.69. The van der Waals surface area contributed by atoms with Crippen molar-refractivity contribution in [1.82, 2.24) is 0 Å². The van der Waals surface area contributed by atoms with Crippen molar-refractivity contribution in [3.63, 3.8) is 0 Å². The highest BCUT2D eigenvalue weighted by molar-refractivity contribution is 5.92. The van der Waals surface area contributed by atoms with Gasteiger partial charge in [0.25, 0.3) is 0 Å². The van der Waals surface area contributed by atoms with Crippen molar-refractivity contribution >= 4 is 17.3 Å². The van der Waals surface area contributed by atoms with Crippen LogP contribution in [0.15, 0.2) is 36.4 Å². The molecule has 2 rings (SSSR count). The molecule has 0 aliphatic heterocycles. The van der Waals surface area contributed by atoms with Gasteiger partial charge in [-0.3, -0.25) is 4.79 Å². The highest BCUT2D eigenvalue weighted by Gasteiger charge is 2.10. The van der Waals surface area contributed by atoms with Crippen LogP contribution in [0.25, 0.3) is 0 Å². The summed E-state index contributed by atoms with van der Waals surface area (Å²) in [7, 11) is 3.16. The highest BCUT2D eigenvalue weighted by atomic mass is 16.5. The van der Waals surface area contributed by atoms with E-state index in [1.807, 2.05) is 0 Å². The van der Waals surface area contributed by atoms with Crippen LogP contribution in [0.4, 0.5) is 11.4 Å². The third kappa shape index (κ3) is 4.89. The molecular formula is C20H26N2O3. The Morgan fingerprint density at radius 2 is 1.92 bits per heavy atom. The molecule has 0 saturated carbocycles. The molecule has 2 N–H and O–H groups in total. The van der Waals surface area contributed by atoms with Gasteiger partial charge in [-0.05, 0) is 36.6 Å². The molecule has 2 aromatic rings. The summed E-state index contributed by atoms with van der Waals surface area (Å²) < 4.78 is 10.5. The zero-order chi connectivity index (χ0) is 18.2. The van der Waals surface area contributed by atoms with Crippen LogP contribution in [0, 0.1) is 6.92 Å². The van der Waals surface area contributed by atoms with Gasteiger partial charge in [0.05, 0.1) is 19.9 Å². The van der Waals surface area contributed by atoms with Crippen LogP contribution in [-0.2, 0) is 11.2 Å². The van der Waals surface area contributed by atoms with E-state index in [9.17, 15) is 4.79 Å². The minimum atomic E-state index is -0.0670. The smallest absolute Gasteiger partial charge is 0.226 e. The molecule has 1 amide bonds. The largest absolute Gasteiger partial charge is 0.497 e. The number of para-hydroxylation sites is 1. The SMILES string of the molecule is CCc1cccc(C)c1NCCC(=O)Nc1ccc(OC)cc1OC. The number of aryl methyl sites for hydroxylation is 2. The zero-order valence-corrected chi connectivity index (χ0v) is 15.3. The van der Waals surface area contributed by atoms with Crippen LogP contribution in [0.1, 0.15) is 24.5 Å². The lowest BCUT2D eigenvalue weighted by molar-refractivity contribution is -0.116. The topological polar surface area (TPSA) is 59.6 Å². The normalized spacial score (nSPS) is 10.2. The Labute approximate surface area is 149 Å². The summed E-state index contributed by atoms with van der Waals surface area (Å²) in [4.78, 5) is 12.2. The van der Waals surface area contributed by atoms with Crippen molar-refractivity contribution in [2.24, 2.45) is 0 Å². The Bertz CT molecular complexity index is 729. The summed E-state index contributed by atoms with van der Waals surface area (Å²) in [6.45, 7) is 4.77. The van der Waals surface area contributed by atoms with E-state index in [1.54, 1.807) is 32.4 Å². The van der Waals surface area contributed by atoms with Crippen LogP contribution >= 0.6 is 0 Å². The molecule has 5 nitrogen and oxygen atoms in total. The zero-order valence-electron chi connectivity index (χ0n) is 15.3. The highest BCUT2D eigenvalue weighted by Crippen LogP contribution is 2.29. The van der Waals surface area contributed by atoms with Crippen molar-refractivity contribution in [3.05, 3.63) is 47.5 Å². The van der Waals surface area contributed by atoms with Gasteiger partial charge in [-0.2, -0.15) is 0 Å². The van der Waals surface area contributed by atoms with Gasteiger partial charge in [0.15, 0.2) is 0 Å². The average molecular weight is 342 g/mol. The molecule has 0 aromatic heterocycles. The van der Waals surface area contributed by atoms with Gasteiger partial charge in [-0.15, -0.1) is 0 Å². The molecule has 0 spiro atoms. The van der Waals surface area contributed by atoms with Crippen LogP contribution in [-0.4, -0.2) is 26.7 Å². The number of benzene rings is 2. The van der Waals surface area contributed by atoms with Gasteiger partial charge in [-0.25, -0.2) is 0 Å². The van der Waals surface area contributed by atoms with E-state index >= 15 is 0 Å². The summed E-state index contributed by atoms with van der Waals surface area (Å²) >= 11 is 0. The Morgan fingerprint density at radius 3 is 2.60 bits per heavy atom. The number of rotatable bonds is 8. The molecule has 0 aliphatic carbocycles. The van der Waals surface area contributed by atoms with E-state index in [4.69, 9.17) is 9.47 Å². The Kier molecular flexibility index (Phi) is 6.69. The number of anilines is 2. The van der Waals surface area contributed by atoms with E-state index in [1.165, 1.54) is 11.1 Å². The minimum Gasteiger partial charge on any atom is -0.497 e. The van der Waals surface area contributed by atoms with Crippen molar-refractivity contribution in [1.29, 1.82) is 0 Å². The standard InChI is InChI=1S/C20H26N2O3/c1-5-15-8-6-7-14(2)20(15)21-12-11-19(23)22-17-10-9-16(24-3)13-18(17)25-4/h6-10,13,21H,5,11-12H2,1-4H3,(H,22,23). The molecule has 25 heavy (non-hydrogen) atoms. The van der Waals surface area contributed by atoms with Crippen molar-refractivity contribution in [2.45, 2.75) is 26.7 Å². The summed E-state index contributed by atoms with van der Waals surface area (Å²) in [5.74, 6) is 1.19. The molecule has 0 aliphatic rings. The predicted octanol–water partition coefficient (Wildman–Crippen LogP) is 4.02. The molecule has 0 bridgehead atoms. The van der Waals surface area contributed by atoms with Crippen molar-refractivity contribution in [3.8, 4) is 11.5 Å². The molecule has 5 heteroatoms. The first-order valence-corrected chi connectivity index (χ1v) is 8.43. The maximum absolute atomic E-state index is 12.2. The van der Waals surface area contributed by atoms with Gasteiger partial charge in [0.2, 0.25) is 5.91 Å². The van der Waals surface area contributed by atoms with E-state index in [2.05, 4.69) is 42.7 Å². The van der Waals surface area contributed by atoms with Gasteiger partial charge in [-0.1, -0.05) is 25.1 Å². The lowest BCUT2D eigenvalue weighted by Crippen LogP contribution is -2.17. The lowest BCUT2D eigenvalue weighted by atomic mass is 10.1. The number of hydrogen-bond acceptors (Lipinski definition) is 4. The molecule has 0 saturated heterocycles. The second-order valence-corrected chi connectivity index (χ2v) is 5.75. The van der Waals surface area contributed by atoms with E-state index < -0.39 is 0 Å². The fourth-order valence-electron chi connectivity index (χ4n) is 2.69. The number of carbonyl (C=O) groups excluding carboxylic acids is 1. The van der Waals surface area contributed by atoms with Crippen LogP contribution in [0.2, 0.25) is 0 Å². The summed E-state index contributed by atoms with van der Waals surface area (Å²) in [5, 5.41) is 6.27. The van der Waals surface area contributed by atoms with Crippen LogP contribution in [0.5, 0.6) is 11.5 Å². The van der Waals surface area contributed by atoms with E-state index in [-0.39, 0.29) is 5.91 Å². The average Bonchev–Trinajstić information content (AvgIpc) is 2.63. The number of ether oxygens (including phenoxy) is 2. The molecule has 0 heterocycles. The van der Waals surface area contributed by atoms with E-state index in [0.717, 1.165) is 12.1 Å². The summed E-state index contributed by atoms with van der Waals surface area (Å²) in [6.07, 6.45) is 1.33. The van der Waals surface area contributed by atoms with Crippen LogP contribution in [0.3, 0.4) is 0 Å². The first-order valence-electron chi connectivity index (χ1n) is 8.43. The van der Waals surface area contributed by atoms with Crippen molar-refractivity contribution < 1.29 is 14.3 Å².